The molecule has 0 heterocycles. The first-order valence-corrected chi connectivity index (χ1v) is 6.88. The Hall–Kier alpha value is -1.45. The third kappa shape index (κ3) is 3.52. The molecule has 0 fully saturated rings. The molecule has 2 aromatic carbocycles. The lowest BCUT2D eigenvalue weighted by atomic mass is 10.2. The molecule has 0 N–H and O–H groups in total. The average Bonchev–Trinajstić information content (AvgIpc) is 2.46. The van der Waals surface area contributed by atoms with Crippen LogP contribution >= 0.6 is 24.0 Å². The van der Waals surface area contributed by atoms with E-state index in [1.807, 2.05) is 48.8 Å². The summed E-state index contributed by atoms with van der Waals surface area (Å²) in [6, 6.07) is 17.4. The van der Waals surface area contributed by atoms with E-state index in [0.29, 0.717) is 5.56 Å². The molecule has 0 spiro atoms. The standard InChI is InChI=1S/C15H11OS2/c16-10-12-6-8-13(9-7-12)11-18-15(17)14-4-2-1-3-5-14/h1-9H,11H2. The molecule has 0 amide bonds. The minimum Gasteiger partial charge on any atom is -0.285 e. The first kappa shape index (κ1) is 13.0. The fraction of sp³-hybridized carbons (Fsp3) is 0.0667. The number of thiocarbonyl (C=S) groups is 1. The maximum atomic E-state index is 10.4. The summed E-state index contributed by atoms with van der Waals surface area (Å²) in [6.45, 7) is 0. The predicted octanol–water partition coefficient (Wildman–Crippen LogP) is 3.75. The second kappa shape index (κ2) is 6.47. The van der Waals surface area contributed by atoms with Gasteiger partial charge < -0.3 is 0 Å². The maximum Gasteiger partial charge on any atom is 0.233 e. The van der Waals surface area contributed by atoms with Gasteiger partial charge in [-0.15, -0.1) is 11.8 Å². The van der Waals surface area contributed by atoms with E-state index in [-0.39, 0.29) is 0 Å². The molecule has 0 aromatic heterocycles. The highest BCUT2D eigenvalue weighted by molar-refractivity contribution is 8.23. The van der Waals surface area contributed by atoms with Gasteiger partial charge in [0, 0.05) is 11.3 Å². The topological polar surface area (TPSA) is 17.1 Å². The van der Waals surface area contributed by atoms with E-state index in [0.717, 1.165) is 21.1 Å². The van der Waals surface area contributed by atoms with Crippen LogP contribution in [0.1, 0.15) is 16.7 Å². The zero-order chi connectivity index (χ0) is 12.8. The van der Waals surface area contributed by atoms with Crippen molar-refractivity contribution in [2.75, 3.05) is 0 Å². The minimum atomic E-state index is 0.578. The molecule has 2 aromatic rings. The van der Waals surface area contributed by atoms with Crippen LogP contribution in [-0.2, 0) is 10.5 Å². The van der Waals surface area contributed by atoms with Crippen molar-refractivity contribution in [1.82, 2.24) is 0 Å². The van der Waals surface area contributed by atoms with E-state index < -0.39 is 0 Å². The number of carbonyl (C=O) groups excluding carboxylic acids is 1. The van der Waals surface area contributed by atoms with Gasteiger partial charge >= 0.3 is 0 Å². The van der Waals surface area contributed by atoms with Crippen LogP contribution in [0.15, 0.2) is 54.6 Å². The van der Waals surface area contributed by atoms with Crippen molar-refractivity contribution in [3.8, 4) is 0 Å². The Labute approximate surface area is 116 Å². The van der Waals surface area contributed by atoms with E-state index in [1.54, 1.807) is 23.9 Å². The van der Waals surface area contributed by atoms with E-state index in [2.05, 4.69) is 0 Å². The second-order valence-corrected chi connectivity index (χ2v) is 5.39. The van der Waals surface area contributed by atoms with Crippen molar-refractivity contribution in [1.29, 1.82) is 0 Å². The molecule has 3 heteroatoms. The molecule has 89 valence electrons. The highest BCUT2D eigenvalue weighted by Crippen LogP contribution is 2.19. The van der Waals surface area contributed by atoms with Gasteiger partial charge in [0.2, 0.25) is 6.29 Å². The zero-order valence-corrected chi connectivity index (χ0v) is 11.3. The van der Waals surface area contributed by atoms with Crippen LogP contribution in [0.4, 0.5) is 0 Å². The van der Waals surface area contributed by atoms with Crippen molar-refractivity contribution < 1.29 is 4.79 Å². The highest BCUT2D eigenvalue weighted by atomic mass is 32.2. The summed E-state index contributed by atoms with van der Waals surface area (Å²) in [5.41, 5.74) is 2.81. The number of hydrogen-bond donors (Lipinski definition) is 0. The van der Waals surface area contributed by atoms with Gasteiger partial charge in [-0.05, 0) is 11.1 Å². The SMILES string of the molecule is O=[C]c1ccc(CSC(=S)c2ccccc2)cc1. The zero-order valence-electron chi connectivity index (χ0n) is 9.63. The molecular weight excluding hydrogens is 260 g/mol. The second-order valence-electron chi connectivity index (χ2n) is 3.74. The van der Waals surface area contributed by atoms with Gasteiger partial charge in [0.15, 0.2) is 0 Å². The molecular formula is C15H11OS2. The van der Waals surface area contributed by atoms with Gasteiger partial charge in [-0.2, -0.15) is 0 Å². The fourth-order valence-corrected chi connectivity index (χ4v) is 2.58. The third-order valence-corrected chi connectivity index (χ3v) is 4.02. The monoisotopic (exact) mass is 271 g/mol. The molecule has 0 bridgehead atoms. The maximum absolute atomic E-state index is 10.4. The van der Waals surface area contributed by atoms with Gasteiger partial charge in [0.05, 0.1) is 4.20 Å². The van der Waals surface area contributed by atoms with Crippen LogP contribution in [0.5, 0.6) is 0 Å². The first-order chi connectivity index (χ1) is 8.79. The molecule has 18 heavy (non-hydrogen) atoms. The van der Waals surface area contributed by atoms with Gasteiger partial charge in [0.25, 0.3) is 0 Å². The normalized spacial score (nSPS) is 10.0. The van der Waals surface area contributed by atoms with Gasteiger partial charge in [-0.25, -0.2) is 0 Å². The van der Waals surface area contributed by atoms with Gasteiger partial charge in [0.1, 0.15) is 0 Å². The first-order valence-electron chi connectivity index (χ1n) is 5.49. The molecule has 0 unspecified atom stereocenters. The third-order valence-electron chi connectivity index (χ3n) is 2.45. The van der Waals surface area contributed by atoms with Crippen molar-refractivity contribution in [3.05, 3.63) is 71.3 Å². The van der Waals surface area contributed by atoms with E-state index in [1.165, 1.54) is 0 Å². The highest BCUT2D eigenvalue weighted by Gasteiger charge is 2.02. The van der Waals surface area contributed by atoms with Crippen LogP contribution in [0.25, 0.3) is 0 Å². The lowest BCUT2D eigenvalue weighted by Crippen LogP contribution is -1.92. The summed E-state index contributed by atoms with van der Waals surface area (Å²) in [7, 11) is 0. The van der Waals surface area contributed by atoms with Crippen LogP contribution in [0, 0.1) is 0 Å². The lowest BCUT2D eigenvalue weighted by molar-refractivity contribution is 0.563. The van der Waals surface area contributed by atoms with Crippen LogP contribution in [0.2, 0.25) is 0 Å². The Morgan fingerprint density at radius 2 is 1.72 bits per heavy atom. The Kier molecular flexibility index (Phi) is 4.67. The summed E-state index contributed by atoms with van der Waals surface area (Å²) >= 11 is 7.00. The van der Waals surface area contributed by atoms with E-state index >= 15 is 0 Å². The summed E-state index contributed by atoms with van der Waals surface area (Å²) in [5.74, 6) is 0.812. The average molecular weight is 271 g/mol. The Bertz CT molecular complexity index is 532. The van der Waals surface area contributed by atoms with Gasteiger partial charge in [-0.3, -0.25) is 4.79 Å². The van der Waals surface area contributed by atoms with E-state index in [4.69, 9.17) is 12.2 Å². The van der Waals surface area contributed by atoms with Gasteiger partial charge in [-0.1, -0.05) is 66.8 Å². The summed E-state index contributed by atoms with van der Waals surface area (Å²) in [4.78, 5) is 10.4. The minimum absolute atomic E-state index is 0.578. The molecule has 2 rings (SSSR count). The molecule has 0 saturated carbocycles. The number of benzene rings is 2. The molecule has 1 radical (unpaired) electrons. The molecule has 0 saturated heterocycles. The number of thioether (sulfide) groups is 1. The summed E-state index contributed by atoms with van der Waals surface area (Å²) in [6.07, 6.45) is 1.86. The fourth-order valence-electron chi connectivity index (χ4n) is 1.48. The van der Waals surface area contributed by atoms with Crippen LogP contribution in [-0.4, -0.2) is 10.5 Å². The number of hydrogen-bond acceptors (Lipinski definition) is 3. The summed E-state index contributed by atoms with van der Waals surface area (Å²) in [5, 5.41) is 0. The van der Waals surface area contributed by atoms with Crippen LogP contribution in [0.3, 0.4) is 0 Å². The number of rotatable bonds is 4. The Morgan fingerprint density at radius 3 is 2.33 bits per heavy atom. The van der Waals surface area contributed by atoms with Crippen molar-refractivity contribution >= 4 is 34.5 Å². The molecule has 0 aliphatic heterocycles. The largest absolute Gasteiger partial charge is 0.285 e. The Balaban J connectivity index is 1.95. The molecule has 0 atom stereocenters. The van der Waals surface area contributed by atoms with Crippen molar-refractivity contribution in [3.63, 3.8) is 0 Å². The Morgan fingerprint density at radius 1 is 1.06 bits per heavy atom. The molecule has 0 aliphatic rings. The molecule has 0 aliphatic carbocycles. The predicted molar refractivity (Wildman–Crippen MR) is 80.7 cm³/mol. The van der Waals surface area contributed by atoms with Crippen molar-refractivity contribution in [2.24, 2.45) is 0 Å². The summed E-state index contributed by atoms with van der Waals surface area (Å²) < 4.78 is 0.890. The van der Waals surface area contributed by atoms with Crippen molar-refractivity contribution in [2.45, 2.75) is 5.75 Å². The van der Waals surface area contributed by atoms with Crippen LogP contribution < -0.4 is 0 Å². The smallest absolute Gasteiger partial charge is 0.233 e. The quantitative estimate of drug-likeness (QED) is 0.788. The lowest BCUT2D eigenvalue weighted by Gasteiger charge is -2.04. The van der Waals surface area contributed by atoms with E-state index in [9.17, 15) is 4.79 Å². The molecule has 1 nitrogen and oxygen atoms in total.